The lowest BCUT2D eigenvalue weighted by atomic mass is 10.0. The molecule has 1 aliphatic rings. The van der Waals surface area contributed by atoms with Crippen molar-refractivity contribution in [3.8, 4) is 0 Å². The molecule has 1 aliphatic heterocycles. The van der Waals surface area contributed by atoms with Crippen LogP contribution in [0.4, 0.5) is 0 Å². The molecular weight excluding hydrogens is 194 g/mol. The third kappa shape index (κ3) is 1.86. The molecule has 1 rings (SSSR count). The fourth-order valence-corrected chi connectivity index (χ4v) is 1.37. The van der Waals surface area contributed by atoms with Crippen molar-refractivity contribution in [3.63, 3.8) is 0 Å². The molecule has 0 spiro atoms. The molecule has 14 heavy (non-hydrogen) atoms. The molecule has 82 valence electrons. The van der Waals surface area contributed by atoms with Crippen LogP contribution in [0.2, 0.25) is 0 Å². The monoisotopic (exact) mass is 207 g/mol. The highest BCUT2D eigenvalue weighted by Crippen LogP contribution is 2.22. The van der Waals surface area contributed by atoms with Gasteiger partial charge >= 0.3 is 5.97 Å². The highest BCUT2D eigenvalue weighted by Gasteiger charge is 2.46. The number of carbonyl (C=O) groups is 1. The Bertz CT molecular complexity index is 222. The highest BCUT2D eigenvalue weighted by atomic mass is 16.6. The number of carboxylic acids is 1. The van der Waals surface area contributed by atoms with Gasteiger partial charge in [0, 0.05) is 0 Å². The molecule has 0 amide bonds. The van der Waals surface area contributed by atoms with Gasteiger partial charge in [-0.15, -0.1) is 0 Å². The number of aliphatic carboxylic acids is 1. The molecule has 7 nitrogen and oxygen atoms in total. The maximum atomic E-state index is 10.5. The normalized spacial score (nSPS) is 39.7. The molecule has 6 N–H and O–H groups in total. The van der Waals surface area contributed by atoms with Crippen molar-refractivity contribution in [3.05, 3.63) is 0 Å². The first kappa shape index (κ1) is 11.3. The Labute approximate surface area is 79.7 Å². The second kappa shape index (κ2) is 4.20. The van der Waals surface area contributed by atoms with Crippen molar-refractivity contribution in [1.82, 2.24) is 0 Å². The number of aliphatic hydroxyl groups excluding tert-OH is 3. The van der Waals surface area contributed by atoms with E-state index < -0.39 is 43.0 Å². The van der Waals surface area contributed by atoms with Crippen LogP contribution >= 0.6 is 0 Å². The van der Waals surface area contributed by atoms with Gasteiger partial charge in [0.15, 0.2) is 0 Å². The van der Waals surface area contributed by atoms with Crippen molar-refractivity contribution < 1.29 is 30.0 Å². The van der Waals surface area contributed by atoms with E-state index in [1.807, 2.05) is 0 Å². The Balaban J connectivity index is 2.69. The third-order valence-corrected chi connectivity index (χ3v) is 2.22. The predicted octanol–water partition coefficient (Wildman–Crippen LogP) is -3.12. The first-order valence-electron chi connectivity index (χ1n) is 4.10. The molecule has 5 atom stereocenters. The van der Waals surface area contributed by atoms with Crippen LogP contribution in [0.3, 0.4) is 0 Å². The Hall–Kier alpha value is -0.730. The van der Waals surface area contributed by atoms with Crippen molar-refractivity contribution in [2.75, 3.05) is 6.61 Å². The van der Waals surface area contributed by atoms with Gasteiger partial charge in [-0.2, -0.15) is 0 Å². The lowest BCUT2D eigenvalue weighted by Gasteiger charge is -2.18. The third-order valence-electron chi connectivity index (χ3n) is 2.22. The number of hydrogen-bond acceptors (Lipinski definition) is 6. The predicted molar refractivity (Wildman–Crippen MR) is 43.4 cm³/mol. The van der Waals surface area contributed by atoms with Crippen LogP contribution in [0.25, 0.3) is 0 Å². The number of nitrogens with two attached hydrogens (primary N) is 1. The summed E-state index contributed by atoms with van der Waals surface area (Å²) in [5, 5.41) is 35.9. The van der Waals surface area contributed by atoms with Gasteiger partial charge in [0.05, 0.1) is 6.61 Å². The van der Waals surface area contributed by atoms with Gasteiger partial charge in [0.2, 0.25) is 0 Å². The van der Waals surface area contributed by atoms with Crippen LogP contribution in [-0.2, 0) is 9.53 Å². The van der Waals surface area contributed by atoms with E-state index in [4.69, 9.17) is 20.7 Å². The fraction of sp³-hybridized carbons (Fsp3) is 0.857. The largest absolute Gasteiger partial charge is 0.480 e. The summed E-state index contributed by atoms with van der Waals surface area (Å²) in [5.41, 5.74) is 5.21. The van der Waals surface area contributed by atoms with Gasteiger partial charge < -0.3 is 30.9 Å². The Kier molecular flexibility index (Phi) is 3.40. The van der Waals surface area contributed by atoms with E-state index in [9.17, 15) is 15.0 Å². The Morgan fingerprint density at radius 2 is 2.00 bits per heavy atom. The quantitative estimate of drug-likeness (QED) is 0.330. The zero-order chi connectivity index (χ0) is 10.9. The van der Waals surface area contributed by atoms with Gasteiger partial charge in [0.1, 0.15) is 30.5 Å². The van der Waals surface area contributed by atoms with Gasteiger partial charge in [-0.3, -0.25) is 4.79 Å². The summed E-state index contributed by atoms with van der Waals surface area (Å²) < 4.78 is 4.90. The van der Waals surface area contributed by atoms with E-state index in [0.29, 0.717) is 0 Å². The molecule has 0 saturated carbocycles. The molecule has 0 radical (unpaired) electrons. The Morgan fingerprint density at radius 3 is 2.36 bits per heavy atom. The lowest BCUT2D eigenvalue weighted by Crippen LogP contribution is -2.48. The number of aliphatic hydroxyl groups is 3. The Morgan fingerprint density at radius 1 is 1.43 bits per heavy atom. The molecule has 7 heteroatoms. The smallest absolute Gasteiger partial charge is 0.323 e. The summed E-state index contributed by atoms with van der Waals surface area (Å²) in [5.74, 6) is -1.33. The fourth-order valence-electron chi connectivity index (χ4n) is 1.37. The minimum Gasteiger partial charge on any atom is -0.480 e. The maximum Gasteiger partial charge on any atom is 0.323 e. The number of hydrogen-bond donors (Lipinski definition) is 5. The molecule has 0 aromatic rings. The average molecular weight is 207 g/mol. The number of carboxylic acid groups (broad SMARTS) is 1. The molecule has 1 saturated heterocycles. The SMILES string of the molecule is N[C@@H](C(=O)O)[C@@H]1O[C@H](CO)[C@H](O)[C@@H]1O. The molecule has 0 aromatic heterocycles. The van der Waals surface area contributed by atoms with Crippen LogP contribution in [0.15, 0.2) is 0 Å². The molecule has 0 bridgehead atoms. The zero-order valence-corrected chi connectivity index (χ0v) is 7.28. The van der Waals surface area contributed by atoms with Crippen LogP contribution in [0.5, 0.6) is 0 Å². The molecule has 1 heterocycles. The first-order valence-corrected chi connectivity index (χ1v) is 4.10. The summed E-state index contributed by atoms with van der Waals surface area (Å²) >= 11 is 0. The summed E-state index contributed by atoms with van der Waals surface area (Å²) in [4.78, 5) is 10.5. The second-order valence-corrected chi connectivity index (χ2v) is 3.17. The number of ether oxygens (including phenoxy) is 1. The molecule has 0 aromatic carbocycles. The topological polar surface area (TPSA) is 133 Å². The van der Waals surface area contributed by atoms with Gasteiger partial charge in [-0.05, 0) is 0 Å². The standard InChI is InChI=1S/C7H13NO6/c8-3(7(12)13)6-5(11)4(10)2(1-9)14-6/h2-6,9-11H,1,8H2,(H,12,13)/t2-,3-,4+,5+,6+/m1/s1. The first-order chi connectivity index (χ1) is 6.49. The van der Waals surface area contributed by atoms with E-state index in [0.717, 1.165) is 0 Å². The minimum absolute atomic E-state index is 0.499. The van der Waals surface area contributed by atoms with E-state index in [2.05, 4.69) is 0 Å². The van der Waals surface area contributed by atoms with E-state index in [1.54, 1.807) is 0 Å². The maximum absolute atomic E-state index is 10.5. The summed E-state index contributed by atoms with van der Waals surface area (Å²) in [7, 11) is 0. The van der Waals surface area contributed by atoms with Crippen molar-refractivity contribution >= 4 is 5.97 Å². The number of rotatable bonds is 3. The van der Waals surface area contributed by atoms with Crippen LogP contribution in [-0.4, -0.2) is 63.5 Å². The van der Waals surface area contributed by atoms with Gasteiger partial charge in [-0.1, -0.05) is 0 Å². The molecule has 0 aliphatic carbocycles. The van der Waals surface area contributed by atoms with Crippen LogP contribution in [0.1, 0.15) is 0 Å². The summed E-state index contributed by atoms with van der Waals surface area (Å²) in [6.07, 6.45) is -4.88. The summed E-state index contributed by atoms with van der Waals surface area (Å²) in [6, 6.07) is -1.42. The van der Waals surface area contributed by atoms with Gasteiger partial charge in [0.25, 0.3) is 0 Å². The van der Waals surface area contributed by atoms with Gasteiger partial charge in [-0.25, -0.2) is 0 Å². The molecule has 0 unspecified atom stereocenters. The van der Waals surface area contributed by atoms with E-state index in [1.165, 1.54) is 0 Å². The highest BCUT2D eigenvalue weighted by molar-refractivity contribution is 5.74. The average Bonchev–Trinajstić information content (AvgIpc) is 2.43. The van der Waals surface area contributed by atoms with Crippen molar-refractivity contribution in [2.45, 2.75) is 30.5 Å². The second-order valence-electron chi connectivity index (χ2n) is 3.17. The van der Waals surface area contributed by atoms with Crippen LogP contribution in [0, 0.1) is 0 Å². The van der Waals surface area contributed by atoms with E-state index >= 15 is 0 Å². The van der Waals surface area contributed by atoms with Crippen LogP contribution < -0.4 is 5.73 Å². The zero-order valence-electron chi connectivity index (χ0n) is 7.28. The summed E-state index contributed by atoms with van der Waals surface area (Å²) in [6.45, 7) is -0.499. The molecule has 1 fully saturated rings. The lowest BCUT2D eigenvalue weighted by molar-refractivity contribution is -0.144. The van der Waals surface area contributed by atoms with Crippen molar-refractivity contribution in [1.29, 1.82) is 0 Å². The van der Waals surface area contributed by atoms with E-state index in [-0.39, 0.29) is 0 Å². The molecular formula is C7H13NO6. The van der Waals surface area contributed by atoms with Crippen molar-refractivity contribution in [2.24, 2.45) is 5.73 Å². The minimum atomic E-state index is -1.42.